The Bertz CT molecular complexity index is 380. The molecule has 1 N–H and O–H groups in total. The number of carboxylic acid groups (broad SMARTS) is 1. The second-order valence-electron chi connectivity index (χ2n) is 3.05. The van der Waals surface area contributed by atoms with Crippen LogP contribution in [0.1, 0.15) is 40.1 Å². The summed E-state index contributed by atoms with van der Waals surface area (Å²) in [6, 6.07) is 4.90. The van der Waals surface area contributed by atoms with Gasteiger partial charge in [0.15, 0.2) is 5.78 Å². The first kappa shape index (κ1) is 10.4. The average Bonchev–Trinajstić information content (AvgIpc) is 2.16. The molecule has 0 bridgehead atoms. The highest BCUT2D eigenvalue weighted by Gasteiger charge is 2.15. The molecular weight excluding hydrogens is 180 g/mol. The maximum absolute atomic E-state index is 11.3. The van der Waals surface area contributed by atoms with Gasteiger partial charge < -0.3 is 5.11 Å². The molecule has 0 saturated heterocycles. The van der Waals surface area contributed by atoms with E-state index in [9.17, 15) is 9.59 Å². The van der Waals surface area contributed by atoms with Crippen LogP contribution in [0.15, 0.2) is 18.2 Å². The Morgan fingerprint density at radius 3 is 2.43 bits per heavy atom. The second-order valence-corrected chi connectivity index (χ2v) is 3.05. The molecule has 1 aromatic carbocycles. The predicted octanol–water partition coefficient (Wildman–Crippen LogP) is 2.15. The fourth-order valence-corrected chi connectivity index (χ4v) is 1.49. The third-order valence-electron chi connectivity index (χ3n) is 2.11. The molecule has 3 heteroatoms. The summed E-state index contributed by atoms with van der Waals surface area (Å²) in [5.41, 5.74) is 1.22. The summed E-state index contributed by atoms with van der Waals surface area (Å²) in [5.74, 6) is -1.25. The molecule has 0 aliphatic rings. The quantitative estimate of drug-likeness (QED) is 0.746. The van der Waals surface area contributed by atoms with Gasteiger partial charge in [-0.3, -0.25) is 4.79 Å². The topological polar surface area (TPSA) is 54.4 Å². The molecule has 0 aliphatic heterocycles. The summed E-state index contributed by atoms with van der Waals surface area (Å²) >= 11 is 0. The molecule has 3 nitrogen and oxygen atoms in total. The number of carboxylic acids is 1. The van der Waals surface area contributed by atoms with Gasteiger partial charge in [-0.05, 0) is 25.0 Å². The van der Waals surface area contributed by atoms with Crippen molar-refractivity contribution in [1.82, 2.24) is 0 Å². The average molecular weight is 192 g/mol. The normalized spacial score (nSPS) is 9.86. The third-order valence-corrected chi connectivity index (χ3v) is 2.11. The van der Waals surface area contributed by atoms with Crippen LogP contribution in [0, 0.1) is 0 Å². The molecule has 14 heavy (non-hydrogen) atoms. The number of ketones is 1. The minimum Gasteiger partial charge on any atom is -0.478 e. The fraction of sp³-hybridized carbons (Fsp3) is 0.273. The van der Waals surface area contributed by atoms with E-state index in [0.29, 0.717) is 12.0 Å². The van der Waals surface area contributed by atoms with Crippen LogP contribution in [-0.2, 0) is 6.42 Å². The molecule has 0 radical (unpaired) electrons. The molecule has 0 aliphatic carbocycles. The zero-order valence-corrected chi connectivity index (χ0v) is 8.20. The van der Waals surface area contributed by atoms with Gasteiger partial charge in [0, 0.05) is 5.56 Å². The van der Waals surface area contributed by atoms with Crippen molar-refractivity contribution in [3.63, 3.8) is 0 Å². The molecule has 0 aromatic heterocycles. The Morgan fingerprint density at radius 2 is 2.00 bits per heavy atom. The van der Waals surface area contributed by atoms with E-state index in [1.165, 1.54) is 13.0 Å². The van der Waals surface area contributed by atoms with E-state index in [-0.39, 0.29) is 11.3 Å². The SMILES string of the molecule is CCc1cccc(C(=O)O)c1C(C)=O. The van der Waals surface area contributed by atoms with Crippen molar-refractivity contribution in [2.24, 2.45) is 0 Å². The van der Waals surface area contributed by atoms with Gasteiger partial charge in [-0.1, -0.05) is 19.1 Å². The Hall–Kier alpha value is -1.64. The third kappa shape index (κ3) is 1.82. The van der Waals surface area contributed by atoms with Crippen LogP contribution in [0.25, 0.3) is 0 Å². The van der Waals surface area contributed by atoms with Crippen LogP contribution in [0.4, 0.5) is 0 Å². The fourth-order valence-electron chi connectivity index (χ4n) is 1.49. The lowest BCUT2D eigenvalue weighted by Crippen LogP contribution is -2.09. The number of carbonyl (C=O) groups excluding carboxylic acids is 1. The first-order valence-electron chi connectivity index (χ1n) is 4.44. The molecule has 0 amide bonds. The highest BCUT2D eigenvalue weighted by molar-refractivity contribution is 6.05. The number of hydrogen-bond donors (Lipinski definition) is 1. The van der Waals surface area contributed by atoms with Gasteiger partial charge >= 0.3 is 5.97 Å². The maximum atomic E-state index is 11.3. The highest BCUT2D eigenvalue weighted by Crippen LogP contribution is 2.16. The molecule has 0 unspecified atom stereocenters. The standard InChI is InChI=1S/C11H12O3/c1-3-8-5-4-6-9(11(13)14)10(8)7(2)12/h4-6H,3H2,1-2H3,(H,13,14). The smallest absolute Gasteiger partial charge is 0.336 e. The lowest BCUT2D eigenvalue weighted by atomic mass is 9.96. The lowest BCUT2D eigenvalue weighted by Gasteiger charge is -2.07. The number of hydrogen-bond acceptors (Lipinski definition) is 2. The van der Waals surface area contributed by atoms with Crippen LogP contribution >= 0.6 is 0 Å². The molecule has 1 aromatic rings. The van der Waals surface area contributed by atoms with Crippen molar-refractivity contribution in [3.8, 4) is 0 Å². The first-order valence-corrected chi connectivity index (χ1v) is 4.44. The highest BCUT2D eigenvalue weighted by atomic mass is 16.4. The number of Topliss-reactive ketones (excluding diaryl/α,β-unsaturated/α-hetero) is 1. The van der Waals surface area contributed by atoms with E-state index in [4.69, 9.17) is 5.11 Å². The number of carbonyl (C=O) groups is 2. The van der Waals surface area contributed by atoms with Gasteiger partial charge in [-0.25, -0.2) is 4.79 Å². The number of rotatable bonds is 3. The number of benzene rings is 1. The molecule has 0 fully saturated rings. The maximum Gasteiger partial charge on any atom is 0.336 e. The molecule has 0 saturated carbocycles. The molecule has 1 rings (SSSR count). The summed E-state index contributed by atoms with van der Waals surface area (Å²) in [6.45, 7) is 3.29. The second kappa shape index (κ2) is 4.05. The van der Waals surface area contributed by atoms with Crippen molar-refractivity contribution < 1.29 is 14.7 Å². The molecule has 0 spiro atoms. The Morgan fingerprint density at radius 1 is 1.36 bits per heavy atom. The van der Waals surface area contributed by atoms with E-state index in [0.717, 1.165) is 5.56 Å². The van der Waals surface area contributed by atoms with Gasteiger partial charge in [0.25, 0.3) is 0 Å². The summed E-state index contributed by atoms with van der Waals surface area (Å²) < 4.78 is 0. The predicted molar refractivity (Wildman–Crippen MR) is 52.8 cm³/mol. The largest absolute Gasteiger partial charge is 0.478 e. The lowest BCUT2D eigenvalue weighted by molar-refractivity contribution is 0.0692. The minimum absolute atomic E-state index is 0.0943. The summed E-state index contributed by atoms with van der Waals surface area (Å²) in [7, 11) is 0. The Labute approximate surface area is 82.4 Å². The zero-order valence-electron chi connectivity index (χ0n) is 8.20. The Balaban J connectivity index is 3.43. The van der Waals surface area contributed by atoms with Crippen molar-refractivity contribution in [2.75, 3.05) is 0 Å². The summed E-state index contributed by atoms with van der Waals surface area (Å²) in [6.07, 6.45) is 0.663. The van der Waals surface area contributed by atoms with E-state index in [1.54, 1.807) is 12.1 Å². The van der Waals surface area contributed by atoms with E-state index in [2.05, 4.69) is 0 Å². The zero-order chi connectivity index (χ0) is 10.7. The van der Waals surface area contributed by atoms with Gasteiger partial charge in [-0.2, -0.15) is 0 Å². The summed E-state index contributed by atoms with van der Waals surface area (Å²) in [5, 5.41) is 8.88. The van der Waals surface area contributed by atoms with Crippen LogP contribution in [-0.4, -0.2) is 16.9 Å². The van der Waals surface area contributed by atoms with Gasteiger partial charge in [-0.15, -0.1) is 0 Å². The van der Waals surface area contributed by atoms with Gasteiger partial charge in [0.05, 0.1) is 5.56 Å². The van der Waals surface area contributed by atoms with Crippen LogP contribution in [0.2, 0.25) is 0 Å². The molecule has 0 atom stereocenters. The van der Waals surface area contributed by atoms with E-state index < -0.39 is 5.97 Å². The van der Waals surface area contributed by atoms with Crippen molar-refractivity contribution in [2.45, 2.75) is 20.3 Å². The van der Waals surface area contributed by atoms with Crippen LogP contribution in [0.3, 0.4) is 0 Å². The van der Waals surface area contributed by atoms with Crippen LogP contribution < -0.4 is 0 Å². The van der Waals surface area contributed by atoms with E-state index in [1.807, 2.05) is 6.92 Å². The molecule has 74 valence electrons. The molecule has 0 heterocycles. The van der Waals surface area contributed by atoms with Crippen molar-refractivity contribution in [1.29, 1.82) is 0 Å². The molecular formula is C11H12O3. The van der Waals surface area contributed by atoms with Gasteiger partial charge in [0.1, 0.15) is 0 Å². The minimum atomic E-state index is -1.05. The first-order chi connectivity index (χ1) is 6.57. The van der Waals surface area contributed by atoms with Gasteiger partial charge in [0.2, 0.25) is 0 Å². The number of aromatic carboxylic acids is 1. The van der Waals surface area contributed by atoms with Crippen molar-refractivity contribution in [3.05, 3.63) is 34.9 Å². The van der Waals surface area contributed by atoms with Crippen LogP contribution in [0.5, 0.6) is 0 Å². The monoisotopic (exact) mass is 192 g/mol. The number of aryl methyl sites for hydroxylation is 1. The summed E-state index contributed by atoms with van der Waals surface area (Å²) in [4.78, 5) is 22.1. The Kier molecular flexibility index (Phi) is 3.02. The van der Waals surface area contributed by atoms with E-state index >= 15 is 0 Å². The van der Waals surface area contributed by atoms with Crippen molar-refractivity contribution >= 4 is 11.8 Å².